The average molecular weight is 306 g/mol. The second kappa shape index (κ2) is 6.27. The van der Waals surface area contributed by atoms with E-state index in [1.54, 1.807) is 0 Å². The largest absolute Gasteiger partial charge is 0.356 e. The minimum absolute atomic E-state index is 0.249. The van der Waals surface area contributed by atoms with Crippen molar-refractivity contribution in [1.82, 2.24) is 10.6 Å². The lowest BCUT2D eigenvalue weighted by atomic mass is 9.96. The standard InChI is InChI=1S/C17H24ClN3/c1-19-16(20-10-7-13-5-6-13)21-12-17(8-9-17)14-3-2-4-15(18)11-14/h2-4,11,13H,5-10,12H2,1H3,(H2,19,20,21). The SMILES string of the molecule is CN=C(NCCC1CC1)NCC1(c2cccc(Cl)c2)CC1. The Kier molecular flexibility index (Phi) is 4.39. The van der Waals surface area contributed by atoms with Crippen molar-refractivity contribution in [1.29, 1.82) is 0 Å². The number of halogens is 1. The van der Waals surface area contributed by atoms with Crippen LogP contribution in [0, 0.1) is 5.92 Å². The van der Waals surface area contributed by atoms with Crippen LogP contribution in [0.25, 0.3) is 0 Å². The fraction of sp³-hybridized carbons (Fsp3) is 0.588. The highest BCUT2D eigenvalue weighted by molar-refractivity contribution is 6.30. The van der Waals surface area contributed by atoms with Gasteiger partial charge in [0.1, 0.15) is 0 Å². The van der Waals surface area contributed by atoms with E-state index in [9.17, 15) is 0 Å². The molecule has 2 fully saturated rings. The summed E-state index contributed by atoms with van der Waals surface area (Å²) in [5.74, 6) is 1.88. The van der Waals surface area contributed by atoms with Gasteiger partial charge in [0.05, 0.1) is 0 Å². The summed E-state index contributed by atoms with van der Waals surface area (Å²) in [7, 11) is 1.84. The van der Waals surface area contributed by atoms with Gasteiger partial charge >= 0.3 is 0 Å². The van der Waals surface area contributed by atoms with Gasteiger partial charge < -0.3 is 10.6 Å². The molecule has 0 amide bonds. The summed E-state index contributed by atoms with van der Waals surface area (Å²) in [5.41, 5.74) is 1.59. The van der Waals surface area contributed by atoms with Crippen molar-refractivity contribution in [2.24, 2.45) is 10.9 Å². The highest BCUT2D eigenvalue weighted by atomic mass is 35.5. The number of aliphatic imine (C=N–C) groups is 1. The van der Waals surface area contributed by atoms with E-state index in [2.05, 4.69) is 27.8 Å². The van der Waals surface area contributed by atoms with Crippen molar-refractivity contribution in [3.8, 4) is 0 Å². The Bertz CT molecular complexity index is 519. The van der Waals surface area contributed by atoms with Crippen molar-refractivity contribution in [3.63, 3.8) is 0 Å². The van der Waals surface area contributed by atoms with E-state index in [0.29, 0.717) is 0 Å². The minimum Gasteiger partial charge on any atom is -0.356 e. The molecule has 0 aromatic heterocycles. The number of rotatable bonds is 6. The summed E-state index contributed by atoms with van der Waals surface area (Å²) in [4.78, 5) is 4.32. The molecule has 0 saturated heterocycles. The van der Waals surface area contributed by atoms with Crippen LogP contribution < -0.4 is 10.6 Å². The Morgan fingerprint density at radius 2 is 2.14 bits per heavy atom. The second-order valence-electron chi connectivity index (χ2n) is 6.38. The smallest absolute Gasteiger partial charge is 0.191 e. The molecular weight excluding hydrogens is 282 g/mol. The van der Waals surface area contributed by atoms with Gasteiger partial charge in [-0.3, -0.25) is 4.99 Å². The summed E-state index contributed by atoms with van der Waals surface area (Å²) < 4.78 is 0. The molecule has 2 N–H and O–H groups in total. The van der Waals surface area contributed by atoms with Gasteiger partial charge in [-0.15, -0.1) is 0 Å². The van der Waals surface area contributed by atoms with Gasteiger partial charge in [-0.05, 0) is 42.9 Å². The van der Waals surface area contributed by atoms with Crippen molar-refractivity contribution in [2.75, 3.05) is 20.1 Å². The Labute approximate surface area is 132 Å². The molecule has 0 spiro atoms. The number of benzene rings is 1. The fourth-order valence-electron chi connectivity index (χ4n) is 2.81. The first kappa shape index (κ1) is 14.7. The first-order valence-corrected chi connectivity index (χ1v) is 8.30. The van der Waals surface area contributed by atoms with Crippen LogP contribution in [-0.2, 0) is 5.41 Å². The highest BCUT2D eigenvalue weighted by Crippen LogP contribution is 2.48. The molecule has 0 radical (unpaired) electrons. The summed E-state index contributed by atoms with van der Waals surface area (Å²) in [6.07, 6.45) is 6.52. The zero-order valence-corrected chi connectivity index (χ0v) is 13.4. The lowest BCUT2D eigenvalue weighted by molar-refractivity contribution is 0.634. The van der Waals surface area contributed by atoms with E-state index < -0.39 is 0 Å². The fourth-order valence-corrected chi connectivity index (χ4v) is 3.00. The number of hydrogen-bond acceptors (Lipinski definition) is 1. The zero-order chi connectivity index (χ0) is 14.7. The van der Waals surface area contributed by atoms with Crippen molar-refractivity contribution >= 4 is 17.6 Å². The molecule has 2 aliphatic rings. The maximum atomic E-state index is 6.12. The average Bonchev–Trinajstić information content (AvgIpc) is 3.37. The lowest BCUT2D eigenvalue weighted by Gasteiger charge is -2.19. The third-order valence-corrected chi connectivity index (χ3v) is 4.89. The molecule has 0 aliphatic heterocycles. The molecule has 2 aliphatic carbocycles. The molecule has 114 valence electrons. The third-order valence-electron chi connectivity index (χ3n) is 4.65. The van der Waals surface area contributed by atoms with Crippen LogP contribution in [0.4, 0.5) is 0 Å². The number of hydrogen-bond donors (Lipinski definition) is 2. The van der Waals surface area contributed by atoms with E-state index in [4.69, 9.17) is 11.6 Å². The molecular formula is C17H24ClN3. The molecule has 21 heavy (non-hydrogen) atoms. The molecule has 0 heterocycles. The second-order valence-corrected chi connectivity index (χ2v) is 6.81. The van der Waals surface area contributed by atoms with Crippen molar-refractivity contribution < 1.29 is 0 Å². The topological polar surface area (TPSA) is 36.4 Å². The van der Waals surface area contributed by atoms with Gasteiger partial charge in [0.2, 0.25) is 0 Å². The summed E-state index contributed by atoms with van der Waals surface area (Å²) in [5, 5.41) is 7.72. The zero-order valence-electron chi connectivity index (χ0n) is 12.7. The van der Waals surface area contributed by atoms with E-state index in [1.807, 2.05) is 19.2 Å². The molecule has 3 nitrogen and oxygen atoms in total. The predicted octanol–water partition coefficient (Wildman–Crippen LogP) is 3.34. The van der Waals surface area contributed by atoms with Crippen LogP contribution in [0.5, 0.6) is 0 Å². The first-order chi connectivity index (χ1) is 10.2. The van der Waals surface area contributed by atoms with Gasteiger partial charge in [0.15, 0.2) is 5.96 Å². The number of guanidine groups is 1. The number of nitrogens with zero attached hydrogens (tertiary/aromatic N) is 1. The third kappa shape index (κ3) is 3.91. The molecule has 4 heteroatoms. The van der Waals surface area contributed by atoms with E-state index >= 15 is 0 Å². The molecule has 0 unspecified atom stereocenters. The Morgan fingerprint density at radius 3 is 2.76 bits per heavy atom. The Hall–Kier alpha value is -1.22. The molecule has 3 rings (SSSR count). The van der Waals surface area contributed by atoms with Crippen LogP contribution in [0.2, 0.25) is 5.02 Å². The Morgan fingerprint density at radius 1 is 1.33 bits per heavy atom. The van der Waals surface area contributed by atoms with Gasteiger partial charge in [-0.2, -0.15) is 0 Å². The van der Waals surface area contributed by atoms with E-state index in [-0.39, 0.29) is 5.41 Å². The van der Waals surface area contributed by atoms with E-state index in [0.717, 1.165) is 30.0 Å². The molecule has 1 aromatic rings. The normalized spacial score (nSPS) is 20.2. The molecule has 1 aromatic carbocycles. The van der Waals surface area contributed by atoms with Crippen LogP contribution >= 0.6 is 11.6 Å². The summed E-state index contributed by atoms with van der Waals surface area (Å²) in [6.45, 7) is 1.95. The minimum atomic E-state index is 0.249. The molecule has 0 atom stereocenters. The van der Waals surface area contributed by atoms with Gasteiger partial charge in [-0.1, -0.05) is 36.6 Å². The monoisotopic (exact) mass is 305 g/mol. The first-order valence-electron chi connectivity index (χ1n) is 7.92. The van der Waals surface area contributed by atoms with Crippen molar-refractivity contribution in [2.45, 2.75) is 37.5 Å². The van der Waals surface area contributed by atoms with Gasteiger partial charge in [0.25, 0.3) is 0 Å². The predicted molar refractivity (Wildman–Crippen MR) is 89.1 cm³/mol. The van der Waals surface area contributed by atoms with Crippen LogP contribution in [-0.4, -0.2) is 26.1 Å². The van der Waals surface area contributed by atoms with Crippen molar-refractivity contribution in [3.05, 3.63) is 34.9 Å². The van der Waals surface area contributed by atoms with Crippen LogP contribution in [0.15, 0.2) is 29.3 Å². The maximum absolute atomic E-state index is 6.12. The summed E-state index contributed by atoms with van der Waals surface area (Å²) >= 11 is 6.12. The lowest BCUT2D eigenvalue weighted by Crippen LogP contribution is -2.41. The Balaban J connectivity index is 1.50. The highest BCUT2D eigenvalue weighted by Gasteiger charge is 2.44. The maximum Gasteiger partial charge on any atom is 0.191 e. The molecule has 0 bridgehead atoms. The van der Waals surface area contributed by atoms with Crippen LogP contribution in [0.3, 0.4) is 0 Å². The number of nitrogens with one attached hydrogen (secondary N) is 2. The quantitative estimate of drug-likeness (QED) is 0.625. The van der Waals surface area contributed by atoms with Crippen LogP contribution in [0.1, 0.15) is 37.7 Å². The van der Waals surface area contributed by atoms with Gasteiger partial charge in [-0.25, -0.2) is 0 Å². The summed E-state index contributed by atoms with van der Waals surface area (Å²) in [6, 6.07) is 8.26. The van der Waals surface area contributed by atoms with E-state index in [1.165, 1.54) is 37.7 Å². The van der Waals surface area contributed by atoms with Gasteiger partial charge in [0, 0.05) is 30.6 Å². The molecule has 2 saturated carbocycles.